The van der Waals surface area contributed by atoms with Crippen LogP contribution in [0.2, 0.25) is 4.34 Å². The monoisotopic (exact) mass is 385 g/mol. The molecular weight excluding hydrogens is 377 g/mol. The molecule has 108 valence electrons. The number of thiophene rings is 1. The maximum Gasteiger partial charge on any atom is 0.139 e. The second-order valence-corrected chi connectivity index (χ2v) is 6.96. The SMILES string of the molecule is Fc1cc(NC(c2ccco2)c2ccc(Cl)s2)ccc1Br. The van der Waals surface area contributed by atoms with Gasteiger partial charge < -0.3 is 9.73 Å². The lowest BCUT2D eigenvalue weighted by atomic mass is 10.1. The van der Waals surface area contributed by atoms with Crippen LogP contribution >= 0.6 is 38.9 Å². The van der Waals surface area contributed by atoms with Gasteiger partial charge in [-0.05, 0) is 58.4 Å². The van der Waals surface area contributed by atoms with Gasteiger partial charge in [0.05, 0.1) is 15.1 Å². The van der Waals surface area contributed by atoms with Gasteiger partial charge in [0.2, 0.25) is 0 Å². The summed E-state index contributed by atoms with van der Waals surface area (Å²) >= 11 is 10.6. The van der Waals surface area contributed by atoms with E-state index in [9.17, 15) is 4.39 Å². The third kappa shape index (κ3) is 3.31. The molecular formula is C15H10BrClFNOS. The molecule has 2 aromatic heterocycles. The lowest BCUT2D eigenvalue weighted by Crippen LogP contribution is -2.10. The van der Waals surface area contributed by atoms with Crippen LogP contribution in [-0.4, -0.2) is 0 Å². The Morgan fingerprint density at radius 2 is 2.10 bits per heavy atom. The molecule has 0 fully saturated rings. The first-order valence-electron chi connectivity index (χ1n) is 6.14. The minimum atomic E-state index is -0.317. The summed E-state index contributed by atoms with van der Waals surface area (Å²) in [6, 6.07) is 12.2. The minimum Gasteiger partial charge on any atom is -0.467 e. The molecule has 1 atom stereocenters. The first-order valence-corrected chi connectivity index (χ1v) is 8.12. The van der Waals surface area contributed by atoms with Gasteiger partial charge in [0.1, 0.15) is 17.6 Å². The molecule has 0 aliphatic rings. The molecule has 3 rings (SSSR count). The number of anilines is 1. The Labute approximate surface area is 138 Å². The molecule has 1 N–H and O–H groups in total. The molecule has 1 aromatic carbocycles. The Balaban J connectivity index is 1.94. The van der Waals surface area contributed by atoms with E-state index in [-0.39, 0.29) is 11.9 Å². The van der Waals surface area contributed by atoms with Gasteiger partial charge in [-0.2, -0.15) is 0 Å². The van der Waals surface area contributed by atoms with E-state index < -0.39 is 0 Å². The number of benzene rings is 1. The number of rotatable bonds is 4. The molecule has 6 heteroatoms. The molecule has 21 heavy (non-hydrogen) atoms. The molecule has 0 saturated heterocycles. The zero-order valence-electron chi connectivity index (χ0n) is 10.6. The van der Waals surface area contributed by atoms with Crippen molar-refractivity contribution in [2.45, 2.75) is 6.04 Å². The lowest BCUT2D eigenvalue weighted by Gasteiger charge is -2.17. The molecule has 2 heterocycles. The summed E-state index contributed by atoms with van der Waals surface area (Å²) < 4.78 is 20.3. The Kier molecular flexibility index (Phi) is 4.33. The van der Waals surface area contributed by atoms with Crippen molar-refractivity contribution in [3.05, 3.63) is 74.0 Å². The van der Waals surface area contributed by atoms with Crippen LogP contribution in [-0.2, 0) is 0 Å². The number of hydrogen-bond acceptors (Lipinski definition) is 3. The highest BCUT2D eigenvalue weighted by atomic mass is 79.9. The predicted molar refractivity (Wildman–Crippen MR) is 87.6 cm³/mol. The summed E-state index contributed by atoms with van der Waals surface area (Å²) in [7, 11) is 0. The normalized spacial score (nSPS) is 12.3. The molecule has 0 radical (unpaired) electrons. The average molecular weight is 387 g/mol. The van der Waals surface area contributed by atoms with Gasteiger partial charge in [0.25, 0.3) is 0 Å². The van der Waals surface area contributed by atoms with E-state index >= 15 is 0 Å². The maximum absolute atomic E-state index is 13.6. The summed E-state index contributed by atoms with van der Waals surface area (Å²) in [5.41, 5.74) is 0.668. The average Bonchev–Trinajstić information content (AvgIpc) is 3.11. The van der Waals surface area contributed by atoms with Crippen LogP contribution in [0.15, 0.2) is 57.6 Å². The predicted octanol–water partition coefficient (Wildman–Crippen LogP) is 6.10. The van der Waals surface area contributed by atoms with Crippen LogP contribution < -0.4 is 5.32 Å². The molecule has 1 unspecified atom stereocenters. The third-order valence-corrected chi connectivity index (χ3v) is 4.88. The van der Waals surface area contributed by atoms with Gasteiger partial charge in [0.15, 0.2) is 0 Å². The van der Waals surface area contributed by atoms with Crippen LogP contribution in [0.5, 0.6) is 0 Å². The standard InChI is InChI=1S/C15H10BrClFNOS/c16-10-4-3-9(8-11(10)18)19-15(12-2-1-7-20-12)13-5-6-14(17)21-13/h1-8,15,19H. The molecule has 2 nitrogen and oxygen atoms in total. The first kappa shape index (κ1) is 14.6. The van der Waals surface area contributed by atoms with Gasteiger partial charge >= 0.3 is 0 Å². The first-order chi connectivity index (χ1) is 10.1. The van der Waals surface area contributed by atoms with Crippen molar-refractivity contribution in [3.63, 3.8) is 0 Å². The summed E-state index contributed by atoms with van der Waals surface area (Å²) in [6.07, 6.45) is 1.61. The number of halogens is 3. The van der Waals surface area contributed by atoms with E-state index in [0.717, 1.165) is 10.6 Å². The lowest BCUT2D eigenvalue weighted by molar-refractivity contribution is 0.500. The molecule has 0 amide bonds. The molecule has 3 aromatic rings. The zero-order valence-corrected chi connectivity index (χ0v) is 13.8. The topological polar surface area (TPSA) is 25.2 Å². The fourth-order valence-corrected chi connectivity index (χ4v) is 3.34. The van der Waals surface area contributed by atoms with Crippen LogP contribution in [0.3, 0.4) is 0 Å². The Morgan fingerprint density at radius 3 is 2.71 bits per heavy atom. The van der Waals surface area contributed by atoms with Crippen molar-refractivity contribution in [1.82, 2.24) is 0 Å². The number of nitrogens with one attached hydrogen (secondary N) is 1. The highest BCUT2D eigenvalue weighted by molar-refractivity contribution is 9.10. The van der Waals surface area contributed by atoms with Crippen molar-refractivity contribution in [3.8, 4) is 0 Å². The van der Waals surface area contributed by atoms with Gasteiger partial charge in [-0.1, -0.05) is 11.6 Å². The van der Waals surface area contributed by atoms with E-state index in [4.69, 9.17) is 16.0 Å². The van der Waals surface area contributed by atoms with E-state index in [0.29, 0.717) is 14.5 Å². The Bertz CT molecular complexity index is 744. The van der Waals surface area contributed by atoms with Crippen LogP contribution in [0.25, 0.3) is 0 Å². The minimum absolute atomic E-state index is 0.210. The van der Waals surface area contributed by atoms with Gasteiger partial charge in [-0.25, -0.2) is 4.39 Å². The quantitative estimate of drug-likeness (QED) is 0.586. The fourth-order valence-electron chi connectivity index (χ4n) is 1.97. The van der Waals surface area contributed by atoms with Crippen molar-refractivity contribution < 1.29 is 8.81 Å². The third-order valence-electron chi connectivity index (χ3n) is 2.94. The van der Waals surface area contributed by atoms with Gasteiger partial charge in [0, 0.05) is 10.6 Å². The van der Waals surface area contributed by atoms with Crippen molar-refractivity contribution in [1.29, 1.82) is 0 Å². The summed E-state index contributed by atoms with van der Waals surface area (Å²) in [5, 5.41) is 3.28. The molecule has 0 saturated carbocycles. The van der Waals surface area contributed by atoms with E-state index in [1.807, 2.05) is 24.3 Å². The molecule has 0 aliphatic heterocycles. The molecule has 0 bridgehead atoms. The van der Waals surface area contributed by atoms with Crippen LogP contribution in [0, 0.1) is 5.82 Å². The van der Waals surface area contributed by atoms with Crippen LogP contribution in [0.1, 0.15) is 16.7 Å². The summed E-state index contributed by atoms with van der Waals surface area (Å²) in [6.45, 7) is 0. The second-order valence-electron chi connectivity index (χ2n) is 4.36. The number of hydrogen-bond donors (Lipinski definition) is 1. The Morgan fingerprint density at radius 1 is 1.24 bits per heavy atom. The highest BCUT2D eigenvalue weighted by Crippen LogP contribution is 2.34. The smallest absolute Gasteiger partial charge is 0.139 e. The summed E-state index contributed by atoms with van der Waals surface area (Å²) in [5.74, 6) is 0.430. The fraction of sp³-hybridized carbons (Fsp3) is 0.0667. The highest BCUT2D eigenvalue weighted by Gasteiger charge is 2.19. The van der Waals surface area contributed by atoms with Gasteiger partial charge in [-0.15, -0.1) is 11.3 Å². The zero-order chi connectivity index (χ0) is 14.8. The molecule has 0 spiro atoms. The van der Waals surface area contributed by atoms with Gasteiger partial charge in [-0.3, -0.25) is 0 Å². The van der Waals surface area contributed by atoms with E-state index in [1.54, 1.807) is 18.4 Å². The van der Waals surface area contributed by atoms with E-state index in [2.05, 4.69) is 21.2 Å². The molecule has 0 aliphatic carbocycles. The van der Waals surface area contributed by atoms with Crippen LogP contribution in [0.4, 0.5) is 10.1 Å². The number of furan rings is 1. The van der Waals surface area contributed by atoms with Crippen molar-refractivity contribution >= 4 is 44.6 Å². The second kappa shape index (κ2) is 6.22. The van der Waals surface area contributed by atoms with E-state index in [1.165, 1.54) is 17.4 Å². The largest absolute Gasteiger partial charge is 0.467 e. The summed E-state index contributed by atoms with van der Waals surface area (Å²) in [4.78, 5) is 0.998. The van der Waals surface area contributed by atoms with Crippen molar-refractivity contribution in [2.24, 2.45) is 0 Å². The maximum atomic E-state index is 13.6. The van der Waals surface area contributed by atoms with Crippen molar-refractivity contribution in [2.75, 3.05) is 5.32 Å². The Hall–Kier alpha value is -1.30.